The molecule has 0 atom stereocenters. The van der Waals surface area contributed by atoms with E-state index >= 15 is 0 Å². The number of benzene rings is 2. The topological polar surface area (TPSA) is 83.6 Å². The number of hydrogen-bond donors (Lipinski definition) is 2. The number of ether oxygens (including phenoxy) is 2. The first-order valence-electron chi connectivity index (χ1n) is 9.55. The molecule has 0 radical (unpaired) electrons. The molecule has 2 heterocycles. The number of methoxy groups -OCH3 is 1. The van der Waals surface area contributed by atoms with Crippen molar-refractivity contribution in [3.8, 4) is 11.5 Å². The zero-order valence-corrected chi connectivity index (χ0v) is 16.8. The van der Waals surface area contributed by atoms with E-state index in [9.17, 15) is 5.11 Å². The Morgan fingerprint density at radius 2 is 1.86 bits per heavy atom. The van der Waals surface area contributed by atoms with Crippen molar-refractivity contribution in [2.24, 2.45) is 7.05 Å². The van der Waals surface area contributed by atoms with Gasteiger partial charge in [0.1, 0.15) is 28.9 Å². The number of rotatable bonds is 6. The van der Waals surface area contributed by atoms with Gasteiger partial charge in [-0.2, -0.15) is 0 Å². The van der Waals surface area contributed by atoms with Crippen LogP contribution in [0.1, 0.15) is 19.2 Å². The molecule has 150 valence electrons. The van der Waals surface area contributed by atoms with Crippen LogP contribution in [0, 0.1) is 5.41 Å². The molecule has 1 aromatic heterocycles. The highest BCUT2D eigenvalue weighted by molar-refractivity contribution is 6.30. The number of aryl methyl sites for hydroxylation is 1. The monoisotopic (exact) mass is 392 g/mol. The van der Waals surface area contributed by atoms with Crippen LogP contribution >= 0.6 is 0 Å². The van der Waals surface area contributed by atoms with Gasteiger partial charge in [-0.3, -0.25) is 5.41 Å². The third kappa shape index (κ3) is 3.29. The van der Waals surface area contributed by atoms with E-state index in [0.717, 1.165) is 28.9 Å². The minimum atomic E-state index is 0.131. The third-order valence-corrected chi connectivity index (χ3v) is 5.04. The SMILES string of the molecule is CCCOc1ccc(N2CC(O)=C(c3nc4cc(OC)ccc4n3C)C2=N)cc1. The molecule has 0 bridgehead atoms. The zero-order valence-electron chi connectivity index (χ0n) is 16.8. The number of imidazole rings is 1. The molecule has 3 aromatic rings. The fraction of sp³-hybridized carbons (Fsp3) is 0.273. The van der Waals surface area contributed by atoms with E-state index in [0.29, 0.717) is 23.8 Å². The number of hydrogen-bond acceptors (Lipinski definition) is 5. The van der Waals surface area contributed by atoms with Gasteiger partial charge in [-0.15, -0.1) is 0 Å². The second-order valence-corrected chi connectivity index (χ2v) is 6.95. The summed E-state index contributed by atoms with van der Waals surface area (Å²) in [5, 5.41) is 19.3. The Bertz CT molecular complexity index is 1100. The van der Waals surface area contributed by atoms with Crippen LogP contribution in [0.5, 0.6) is 11.5 Å². The number of aromatic nitrogens is 2. The van der Waals surface area contributed by atoms with Crippen molar-refractivity contribution < 1.29 is 14.6 Å². The van der Waals surface area contributed by atoms with Crippen LogP contribution in [0.4, 0.5) is 5.69 Å². The molecule has 0 spiro atoms. The molecule has 0 aliphatic carbocycles. The molecule has 7 heteroatoms. The third-order valence-electron chi connectivity index (χ3n) is 5.04. The van der Waals surface area contributed by atoms with Gasteiger partial charge >= 0.3 is 0 Å². The molecule has 0 saturated heterocycles. The van der Waals surface area contributed by atoms with Crippen LogP contribution in [-0.2, 0) is 7.05 Å². The fourth-order valence-electron chi connectivity index (χ4n) is 3.51. The lowest BCUT2D eigenvalue weighted by atomic mass is 10.2. The molecule has 0 unspecified atom stereocenters. The van der Waals surface area contributed by atoms with E-state index in [1.54, 1.807) is 12.0 Å². The lowest BCUT2D eigenvalue weighted by Gasteiger charge is -2.19. The first kappa shape index (κ1) is 18.9. The van der Waals surface area contributed by atoms with E-state index in [2.05, 4.69) is 11.9 Å². The minimum absolute atomic E-state index is 0.131. The number of anilines is 1. The van der Waals surface area contributed by atoms with Crippen LogP contribution in [-0.4, -0.2) is 40.8 Å². The number of aliphatic hydroxyl groups excluding tert-OH is 1. The van der Waals surface area contributed by atoms with Crippen LogP contribution in [0.25, 0.3) is 16.6 Å². The highest BCUT2D eigenvalue weighted by Gasteiger charge is 2.32. The molecular formula is C22H24N4O3. The smallest absolute Gasteiger partial charge is 0.148 e. The van der Waals surface area contributed by atoms with E-state index in [-0.39, 0.29) is 18.1 Å². The van der Waals surface area contributed by atoms with Crippen molar-refractivity contribution in [3.63, 3.8) is 0 Å². The normalized spacial score (nSPS) is 14.2. The number of nitrogens with one attached hydrogen (secondary N) is 1. The fourth-order valence-corrected chi connectivity index (χ4v) is 3.51. The Labute approximate surface area is 169 Å². The van der Waals surface area contributed by atoms with Gasteiger partial charge in [0.25, 0.3) is 0 Å². The van der Waals surface area contributed by atoms with Gasteiger partial charge in [0.2, 0.25) is 0 Å². The summed E-state index contributed by atoms with van der Waals surface area (Å²) in [4.78, 5) is 6.42. The first-order chi connectivity index (χ1) is 14.0. The standard InChI is InChI=1S/C22H24N4O3/c1-4-11-29-15-7-5-14(6-8-15)26-13-19(27)20(21(26)23)22-24-17-12-16(28-3)9-10-18(17)25(22)2/h5-10,12,23,27H,4,11,13H2,1-3H3. The molecule has 29 heavy (non-hydrogen) atoms. The summed E-state index contributed by atoms with van der Waals surface area (Å²) >= 11 is 0. The zero-order chi connectivity index (χ0) is 20.5. The Hall–Kier alpha value is -3.48. The van der Waals surface area contributed by atoms with Crippen molar-refractivity contribution in [3.05, 3.63) is 54.0 Å². The van der Waals surface area contributed by atoms with E-state index in [4.69, 9.17) is 14.9 Å². The molecule has 0 fully saturated rings. The lowest BCUT2D eigenvalue weighted by molar-refractivity contribution is 0.317. The Kier molecular flexibility index (Phi) is 4.88. The Balaban J connectivity index is 1.64. The molecule has 1 aliphatic rings. The molecule has 2 N–H and O–H groups in total. The van der Waals surface area contributed by atoms with Gasteiger partial charge in [0.05, 0.1) is 36.9 Å². The highest BCUT2D eigenvalue weighted by atomic mass is 16.5. The summed E-state index contributed by atoms with van der Waals surface area (Å²) in [7, 11) is 3.50. The van der Waals surface area contributed by atoms with Crippen molar-refractivity contribution in [1.82, 2.24) is 9.55 Å². The number of fused-ring (bicyclic) bond motifs is 1. The van der Waals surface area contributed by atoms with Gasteiger partial charge < -0.3 is 24.0 Å². The summed E-state index contributed by atoms with van der Waals surface area (Å²) in [5.74, 6) is 2.42. The maximum Gasteiger partial charge on any atom is 0.148 e. The Morgan fingerprint density at radius 1 is 1.14 bits per heavy atom. The number of amidine groups is 1. The molecule has 2 aromatic carbocycles. The molecule has 0 saturated carbocycles. The molecule has 0 amide bonds. The average Bonchev–Trinajstić information content (AvgIpc) is 3.21. The predicted octanol–water partition coefficient (Wildman–Crippen LogP) is 4.14. The quantitative estimate of drug-likeness (QED) is 0.659. The number of nitrogens with zero attached hydrogens (tertiary/aromatic N) is 3. The van der Waals surface area contributed by atoms with E-state index in [1.807, 2.05) is 54.1 Å². The van der Waals surface area contributed by atoms with Gasteiger partial charge in [0.15, 0.2) is 0 Å². The average molecular weight is 392 g/mol. The molecule has 1 aliphatic heterocycles. The van der Waals surface area contributed by atoms with Crippen molar-refractivity contribution in [2.75, 3.05) is 25.2 Å². The predicted molar refractivity (Wildman–Crippen MR) is 114 cm³/mol. The van der Waals surface area contributed by atoms with Crippen LogP contribution < -0.4 is 14.4 Å². The van der Waals surface area contributed by atoms with Crippen LogP contribution in [0.3, 0.4) is 0 Å². The molecule has 4 rings (SSSR count). The lowest BCUT2D eigenvalue weighted by Crippen LogP contribution is -2.26. The minimum Gasteiger partial charge on any atom is -0.509 e. The second kappa shape index (κ2) is 7.50. The molecular weight excluding hydrogens is 368 g/mol. The van der Waals surface area contributed by atoms with Crippen molar-refractivity contribution >= 4 is 28.1 Å². The van der Waals surface area contributed by atoms with Gasteiger partial charge in [0, 0.05) is 18.8 Å². The number of aliphatic hydroxyl groups is 1. The van der Waals surface area contributed by atoms with Crippen molar-refractivity contribution in [1.29, 1.82) is 5.41 Å². The van der Waals surface area contributed by atoms with Crippen LogP contribution in [0.2, 0.25) is 0 Å². The Morgan fingerprint density at radius 3 is 2.55 bits per heavy atom. The maximum absolute atomic E-state index is 10.7. The summed E-state index contributed by atoms with van der Waals surface area (Å²) in [6.07, 6.45) is 0.948. The van der Waals surface area contributed by atoms with E-state index in [1.165, 1.54) is 0 Å². The van der Waals surface area contributed by atoms with Gasteiger partial charge in [-0.25, -0.2) is 4.98 Å². The molecule has 7 nitrogen and oxygen atoms in total. The van der Waals surface area contributed by atoms with Crippen molar-refractivity contribution in [2.45, 2.75) is 13.3 Å². The first-order valence-corrected chi connectivity index (χ1v) is 9.55. The largest absolute Gasteiger partial charge is 0.509 e. The van der Waals surface area contributed by atoms with Crippen LogP contribution in [0.15, 0.2) is 48.2 Å². The van der Waals surface area contributed by atoms with Gasteiger partial charge in [-0.1, -0.05) is 6.92 Å². The summed E-state index contributed by atoms with van der Waals surface area (Å²) in [6.45, 7) is 2.96. The second-order valence-electron chi connectivity index (χ2n) is 6.95. The summed E-state index contributed by atoms with van der Waals surface area (Å²) < 4.78 is 12.8. The van der Waals surface area contributed by atoms with E-state index < -0.39 is 0 Å². The summed E-state index contributed by atoms with van der Waals surface area (Å²) in [6, 6.07) is 13.2. The van der Waals surface area contributed by atoms with Gasteiger partial charge in [-0.05, 0) is 42.8 Å². The summed E-state index contributed by atoms with van der Waals surface area (Å²) in [5.41, 5.74) is 2.92. The maximum atomic E-state index is 10.7. The highest BCUT2D eigenvalue weighted by Crippen LogP contribution is 2.33.